The molecular formula is C22H24N4O3S. The monoisotopic (exact) mass is 424 g/mol. The van der Waals surface area contributed by atoms with Crippen molar-refractivity contribution >= 4 is 41.0 Å². The van der Waals surface area contributed by atoms with E-state index >= 15 is 0 Å². The van der Waals surface area contributed by atoms with Crippen LogP contribution in [-0.4, -0.2) is 45.9 Å². The Hall–Kier alpha value is -2.87. The maximum absolute atomic E-state index is 12.9. The summed E-state index contributed by atoms with van der Waals surface area (Å²) in [5.74, 6) is -0.0805. The first-order chi connectivity index (χ1) is 14.5. The molecule has 0 radical (unpaired) electrons. The van der Waals surface area contributed by atoms with E-state index in [0.717, 1.165) is 29.0 Å². The minimum absolute atomic E-state index is 0.0893. The molecule has 2 aliphatic heterocycles. The summed E-state index contributed by atoms with van der Waals surface area (Å²) in [5, 5.41) is 5.30. The molecule has 0 spiro atoms. The van der Waals surface area contributed by atoms with Gasteiger partial charge in [-0.1, -0.05) is 18.2 Å². The Morgan fingerprint density at radius 3 is 2.93 bits per heavy atom. The third-order valence-corrected chi connectivity index (χ3v) is 6.74. The second-order valence-electron chi connectivity index (χ2n) is 7.63. The summed E-state index contributed by atoms with van der Waals surface area (Å²) < 4.78 is 0. The minimum atomic E-state index is -0.460. The van der Waals surface area contributed by atoms with Crippen LogP contribution >= 0.6 is 11.8 Å². The summed E-state index contributed by atoms with van der Waals surface area (Å²) in [4.78, 5) is 44.9. The van der Waals surface area contributed by atoms with E-state index in [1.807, 2.05) is 43.3 Å². The van der Waals surface area contributed by atoms with Gasteiger partial charge in [-0.05, 0) is 43.5 Å². The molecule has 156 valence electrons. The average molecular weight is 425 g/mol. The molecule has 2 N–H and O–H groups in total. The van der Waals surface area contributed by atoms with Crippen LogP contribution in [0.25, 0.3) is 0 Å². The summed E-state index contributed by atoms with van der Waals surface area (Å²) in [6.07, 6.45) is 3.26. The number of fused-ring (bicyclic) bond motifs is 1. The Kier molecular flexibility index (Phi) is 6.03. The van der Waals surface area contributed by atoms with Crippen LogP contribution < -0.4 is 10.6 Å². The van der Waals surface area contributed by atoms with Gasteiger partial charge in [0.25, 0.3) is 0 Å². The van der Waals surface area contributed by atoms with Crippen LogP contribution in [0.15, 0.2) is 47.5 Å². The number of anilines is 2. The number of carbonyl (C=O) groups is 3. The molecule has 2 atom stereocenters. The van der Waals surface area contributed by atoms with Crippen molar-refractivity contribution < 1.29 is 14.4 Å². The third-order valence-electron chi connectivity index (χ3n) is 5.46. The van der Waals surface area contributed by atoms with Crippen LogP contribution in [-0.2, 0) is 14.4 Å². The van der Waals surface area contributed by atoms with Crippen molar-refractivity contribution in [3.05, 3.63) is 48.2 Å². The molecule has 1 aromatic heterocycles. The lowest BCUT2D eigenvalue weighted by atomic mass is 9.96. The molecule has 2 aliphatic rings. The molecule has 0 unspecified atom stereocenters. The smallest absolute Gasteiger partial charge is 0.238 e. The van der Waals surface area contributed by atoms with Crippen molar-refractivity contribution in [2.24, 2.45) is 5.92 Å². The Labute approximate surface area is 179 Å². The number of hydrogen-bond acceptors (Lipinski definition) is 5. The number of carbonyl (C=O) groups excluding carboxylic acids is 3. The normalized spacial score (nSPS) is 20.8. The fourth-order valence-corrected chi connectivity index (χ4v) is 4.87. The number of amides is 3. The van der Waals surface area contributed by atoms with Crippen molar-refractivity contribution in [1.29, 1.82) is 0 Å². The topological polar surface area (TPSA) is 91.4 Å². The first kappa shape index (κ1) is 20.4. The molecular weight excluding hydrogens is 400 g/mol. The number of aryl methyl sites for hydroxylation is 1. The number of pyridine rings is 1. The van der Waals surface area contributed by atoms with E-state index in [1.165, 1.54) is 11.8 Å². The van der Waals surface area contributed by atoms with Gasteiger partial charge in [-0.15, -0.1) is 11.8 Å². The maximum atomic E-state index is 12.9. The number of nitrogens with one attached hydrogen (secondary N) is 2. The summed E-state index contributed by atoms with van der Waals surface area (Å²) in [5.41, 5.74) is 1.69. The Balaban J connectivity index is 1.36. The molecule has 4 rings (SSSR count). The lowest BCUT2D eigenvalue weighted by Gasteiger charge is -2.33. The van der Waals surface area contributed by atoms with E-state index in [0.29, 0.717) is 18.9 Å². The van der Waals surface area contributed by atoms with Crippen LogP contribution in [0.4, 0.5) is 11.5 Å². The predicted molar refractivity (Wildman–Crippen MR) is 116 cm³/mol. The molecule has 7 nitrogen and oxygen atoms in total. The number of piperidine rings is 1. The van der Waals surface area contributed by atoms with E-state index in [9.17, 15) is 14.4 Å². The van der Waals surface area contributed by atoms with Crippen LogP contribution in [0.1, 0.15) is 24.8 Å². The summed E-state index contributed by atoms with van der Waals surface area (Å²) in [6, 6.07) is 11.3. The first-order valence-electron chi connectivity index (χ1n) is 10.1. The molecule has 0 bridgehead atoms. The SMILES string of the molecule is Cc1cccnc1NC(=O)[C@H]1CCCN(C(=O)C[C@@H]2Sc3ccccc3NC2=O)C1. The van der Waals surface area contributed by atoms with Gasteiger partial charge in [0.2, 0.25) is 17.7 Å². The molecule has 2 aromatic rings. The van der Waals surface area contributed by atoms with Crippen molar-refractivity contribution in [3.8, 4) is 0 Å². The van der Waals surface area contributed by atoms with Crippen molar-refractivity contribution in [2.75, 3.05) is 23.7 Å². The number of hydrogen-bond donors (Lipinski definition) is 2. The fourth-order valence-electron chi connectivity index (χ4n) is 3.77. The molecule has 1 aromatic carbocycles. The van der Waals surface area contributed by atoms with Gasteiger partial charge in [0, 0.05) is 30.6 Å². The van der Waals surface area contributed by atoms with E-state index in [1.54, 1.807) is 11.1 Å². The van der Waals surface area contributed by atoms with Gasteiger partial charge in [-0.3, -0.25) is 14.4 Å². The van der Waals surface area contributed by atoms with E-state index in [2.05, 4.69) is 15.6 Å². The standard InChI is InChI=1S/C22H24N4O3S/c1-14-6-4-10-23-20(14)25-21(28)15-7-5-11-26(13-15)19(27)12-18-22(29)24-16-8-2-3-9-17(16)30-18/h2-4,6,8-10,15,18H,5,7,11-13H2,1H3,(H,24,29)(H,23,25,28)/t15-,18-/m0/s1. The summed E-state index contributed by atoms with van der Waals surface area (Å²) in [7, 11) is 0. The van der Waals surface area contributed by atoms with Gasteiger partial charge in [-0.25, -0.2) is 4.98 Å². The highest BCUT2D eigenvalue weighted by atomic mass is 32.2. The maximum Gasteiger partial charge on any atom is 0.238 e. The zero-order chi connectivity index (χ0) is 21.1. The van der Waals surface area contributed by atoms with Crippen LogP contribution in [0.3, 0.4) is 0 Å². The zero-order valence-electron chi connectivity index (χ0n) is 16.8. The van der Waals surface area contributed by atoms with Crippen LogP contribution in [0.5, 0.6) is 0 Å². The Morgan fingerprint density at radius 2 is 2.10 bits per heavy atom. The van der Waals surface area contributed by atoms with E-state index in [4.69, 9.17) is 0 Å². The van der Waals surface area contributed by atoms with Gasteiger partial charge >= 0.3 is 0 Å². The quantitative estimate of drug-likeness (QED) is 0.787. The lowest BCUT2D eigenvalue weighted by Crippen LogP contribution is -2.45. The van der Waals surface area contributed by atoms with Gasteiger partial charge in [0.05, 0.1) is 16.9 Å². The molecule has 1 fully saturated rings. The summed E-state index contributed by atoms with van der Waals surface area (Å²) >= 11 is 1.42. The van der Waals surface area contributed by atoms with E-state index < -0.39 is 5.25 Å². The molecule has 0 aliphatic carbocycles. The first-order valence-corrected chi connectivity index (χ1v) is 11.0. The van der Waals surface area contributed by atoms with Gasteiger partial charge in [-0.2, -0.15) is 0 Å². The highest BCUT2D eigenvalue weighted by Gasteiger charge is 2.33. The lowest BCUT2D eigenvalue weighted by molar-refractivity contribution is -0.135. The molecule has 3 heterocycles. The van der Waals surface area contributed by atoms with Crippen molar-refractivity contribution in [1.82, 2.24) is 9.88 Å². The molecule has 3 amide bonds. The minimum Gasteiger partial charge on any atom is -0.342 e. The number of nitrogens with zero attached hydrogens (tertiary/aromatic N) is 2. The summed E-state index contributed by atoms with van der Waals surface area (Å²) in [6.45, 7) is 2.87. The molecule has 30 heavy (non-hydrogen) atoms. The predicted octanol–water partition coefficient (Wildman–Crippen LogP) is 3.07. The number of rotatable bonds is 4. The van der Waals surface area contributed by atoms with Crippen molar-refractivity contribution in [2.45, 2.75) is 36.3 Å². The van der Waals surface area contributed by atoms with Gasteiger partial charge < -0.3 is 15.5 Å². The van der Waals surface area contributed by atoms with E-state index in [-0.39, 0.29) is 30.1 Å². The number of benzene rings is 1. The molecule has 8 heteroatoms. The Morgan fingerprint density at radius 1 is 1.27 bits per heavy atom. The van der Waals surface area contributed by atoms with Crippen LogP contribution in [0.2, 0.25) is 0 Å². The highest BCUT2D eigenvalue weighted by molar-refractivity contribution is 8.01. The van der Waals surface area contributed by atoms with Crippen LogP contribution in [0, 0.1) is 12.8 Å². The zero-order valence-corrected chi connectivity index (χ0v) is 17.6. The highest BCUT2D eigenvalue weighted by Crippen LogP contribution is 2.37. The van der Waals surface area contributed by atoms with Gasteiger partial charge in [0.15, 0.2) is 0 Å². The molecule has 0 saturated carbocycles. The third kappa shape index (κ3) is 4.48. The number of para-hydroxylation sites is 1. The average Bonchev–Trinajstić information content (AvgIpc) is 2.76. The van der Waals surface area contributed by atoms with Crippen molar-refractivity contribution in [3.63, 3.8) is 0 Å². The number of aromatic nitrogens is 1. The Bertz CT molecular complexity index is 980. The number of thioether (sulfide) groups is 1. The second kappa shape index (κ2) is 8.87. The second-order valence-corrected chi connectivity index (χ2v) is 8.88. The fraction of sp³-hybridized carbons (Fsp3) is 0.364. The number of likely N-dealkylation sites (tertiary alicyclic amines) is 1. The molecule has 1 saturated heterocycles. The largest absolute Gasteiger partial charge is 0.342 e. The van der Waals surface area contributed by atoms with Gasteiger partial charge in [0.1, 0.15) is 5.82 Å².